The summed E-state index contributed by atoms with van der Waals surface area (Å²) in [7, 11) is 1.53. The minimum Gasteiger partial charge on any atom is -0.497 e. The van der Waals surface area contributed by atoms with Gasteiger partial charge in [-0.3, -0.25) is 4.79 Å². The predicted molar refractivity (Wildman–Crippen MR) is 73.3 cm³/mol. The van der Waals surface area contributed by atoms with E-state index in [9.17, 15) is 9.59 Å². The van der Waals surface area contributed by atoms with Crippen LogP contribution in [-0.4, -0.2) is 24.0 Å². The van der Waals surface area contributed by atoms with E-state index in [2.05, 4.69) is 0 Å². The number of aromatic carboxylic acids is 1. The van der Waals surface area contributed by atoms with Crippen LogP contribution in [0, 0.1) is 0 Å². The molecule has 0 unspecified atom stereocenters. The number of hydrogen-bond donors (Lipinski definition) is 1. The van der Waals surface area contributed by atoms with Gasteiger partial charge in [-0.2, -0.15) is 0 Å². The van der Waals surface area contributed by atoms with E-state index in [0.717, 1.165) is 11.3 Å². The molecule has 0 fully saturated rings. The van der Waals surface area contributed by atoms with Crippen LogP contribution in [0.5, 0.6) is 5.75 Å². The molecule has 0 spiro atoms. The van der Waals surface area contributed by atoms with Gasteiger partial charge < -0.3 is 9.84 Å². The lowest BCUT2D eigenvalue weighted by Crippen LogP contribution is -2.00. The number of benzene rings is 1. The minimum atomic E-state index is -0.998. The number of thiophene rings is 1. The predicted octanol–water partition coefficient (Wildman–Crippen LogP) is 3.32. The van der Waals surface area contributed by atoms with Crippen LogP contribution in [0.1, 0.15) is 27.0 Å². The molecular weight excluding hydrogens is 264 g/mol. The molecule has 1 N–H and O–H groups in total. The molecule has 0 saturated heterocycles. The quantitative estimate of drug-likeness (QED) is 0.870. The average molecular weight is 276 g/mol. The van der Waals surface area contributed by atoms with Gasteiger partial charge in [-0.25, -0.2) is 4.79 Å². The van der Waals surface area contributed by atoms with Gasteiger partial charge in [-0.1, -0.05) is 0 Å². The third kappa shape index (κ3) is 2.51. The lowest BCUT2D eigenvalue weighted by atomic mass is 9.97. The summed E-state index contributed by atoms with van der Waals surface area (Å²) in [6, 6.07) is 6.73. The summed E-state index contributed by atoms with van der Waals surface area (Å²) < 4.78 is 5.13. The largest absolute Gasteiger partial charge is 0.497 e. The maximum atomic E-state index is 11.7. The molecule has 0 aliphatic rings. The van der Waals surface area contributed by atoms with Crippen molar-refractivity contribution in [1.82, 2.24) is 0 Å². The van der Waals surface area contributed by atoms with Crippen molar-refractivity contribution in [3.8, 4) is 16.9 Å². The number of hydrogen-bond acceptors (Lipinski definition) is 4. The van der Waals surface area contributed by atoms with Crippen LogP contribution in [0.2, 0.25) is 0 Å². The van der Waals surface area contributed by atoms with Crippen molar-refractivity contribution < 1.29 is 19.4 Å². The number of carboxylic acid groups (broad SMARTS) is 1. The van der Waals surface area contributed by atoms with Crippen LogP contribution in [0.15, 0.2) is 29.6 Å². The summed E-state index contributed by atoms with van der Waals surface area (Å²) in [6.07, 6.45) is 0. The zero-order valence-corrected chi connectivity index (χ0v) is 11.3. The van der Waals surface area contributed by atoms with Gasteiger partial charge in [0.2, 0.25) is 0 Å². The SMILES string of the molecule is COc1ccc(C(C)=O)c(-c2ccsc2C(=O)O)c1. The van der Waals surface area contributed by atoms with E-state index in [-0.39, 0.29) is 10.7 Å². The van der Waals surface area contributed by atoms with Crippen molar-refractivity contribution in [3.63, 3.8) is 0 Å². The van der Waals surface area contributed by atoms with Gasteiger partial charge in [0.1, 0.15) is 10.6 Å². The fraction of sp³-hybridized carbons (Fsp3) is 0.143. The third-order valence-electron chi connectivity index (χ3n) is 2.76. The average Bonchev–Trinajstić information content (AvgIpc) is 2.87. The summed E-state index contributed by atoms with van der Waals surface area (Å²) in [5.41, 5.74) is 1.62. The molecule has 0 bridgehead atoms. The summed E-state index contributed by atoms with van der Waals surface area (Å²) in [4.78, 5) is 23.1. The zero-order valence-electron chi connectivity index (χ0n) is 10.5. The highest BCUT2D eigenvalue weighted by Crippen LogP contribution is 2.33. The van der Waals surface area contributed by atoms with E-state index in [1.807, 2.05) is 0 Å². The highest BCUT2D eigenvalue weighted by molar-refractivity contribution is 7.12. The monoisotopic (exact) mass is 276 g/mol. The molecule has 0 atom stereocenters. The van der Waals surface area contributed by atoms with Crippen molar-refractivity contribution >= 4 is 23.1 Å². The second kappa shape index (κ2) is 5.24. The van der Waals surface area contributed by atoms with E-state index in [0.29, 0.717) is 22.4 Å². The second-order valence-electron chi connectivity index (χ2n) is 3.94. The Labute approximate surface area is 114 Å². The lowest BCUT2D eigenvalue weighted by Gasteiger charge is -2.09. The van der Waals surface area contributed by atoms with Crippen molar-refractivity contribution in [1.29, 1.82) is 0 Å². The molecule has 5 heteroatoms. The fourth-order valence-electron chi connectivity index (χ4n) is 1.87. The molecule has 0 radical (unpaired) electrons. The summed E-state index contributed by atoms with van der Waals surface area (Å²) in [5.74, 6) is -0.523. The number of ether oxygens (including phenoxy) is 1. The van der Waals surface area contributed by atoms with Crippen molar-refractivity contribution in [2.24, 2.45) is 0 Å². The highest BCUT2D eigenvalue weighted by Gasteiger charge is 2.18. The van der Waals surface area contributed by atoms with Crippen molar-refractivity contribution in [3.05, 3.63) is 40.1 Å². The Morgan fingerprint density at radius 1 is 1.21 bits per heavy atom. The topological polar surface area (TPSA) is 63.6 Å². The van der Waals surface area contributed by atoms with Gasteiger partial charge in [0.15, 0.2) is 5.78 Å². The molecule has 0 amide bonds. The van der Waals surface area contributed by atoms with Gasteiger partial charge >= 0.3 is 5.97 Å². The molecule has 0 aliphatic carbocycles. The van der Waals surface area contributed by atoms with Crippen LogP contribution in [0.3, 0.4) is 0 Å². The summed E-state index contributed by atoms with van der Waals surface area (Å²) in [5, 5.41) is 10.9. The maximum absolute atomic E-state index is 11.7. The molecule has 1 heterocycles. The second-order valence-corrected chi connectivity index (χ2v) is 4.85. The van der Waals surface area contributed by atoms with E-state index >= 15 is 0 Å². The smallest absolute Gasteiger partial charge is 0.346 e. The fourth-order valence-corrected chi connectivity index (χ4v) is 2.61. The van der Waals surface area contributed by atoms with Crippen LogP contribution < -0.4 is 4.74 Å². The first-order chi connectivity index (χ1) is 9.04. The van der Waals surface area contributed by atoms with E-state index < -0.39 is 5.97 Å². The Morgan fingerprint density at radius 3 is 2.53 bits per heavy atom. The molecule has 0 aliphatic heterocycles. The standard InChI is InChI=1S/C14H12O4S/c1-8(15)10-4-3-9(18-2)7-12(10)11-5-6-19-13(11)14(16)17/h3-7H,1-2H3,(H,16,17). The molecule has 2 aromatic rings. The molecule has 0 saturated carbocycles. The van der Waals surface area contributed by atoms with Crippen LogP contribution in [-0.2, 0) is 0 Å². The maximum Gasteiger partial charge on any atom is 0.346 e. The molecule has 1 aromatic carbocycles. The van der Waals surface area contributed by atoms with Crippen LogP contribution >= 0.6 is 11.3 Å². The van der Waals surface area contributed by atoms with E-state index in [1.54, 1.807) is 29.6 Å². The molecular formula is C14H12O4S. The van der Waals surface area contributed by atoms with Crippen molar-refractivity contribution in [2.75, 3.05) is 7.11 Å². The van der Waals surface area contributed by atoms with Gasteiger partial charge in [0.25, 0.3) is 0 Å². The van der Waals surface area contributed by atoms with Crippen LogP contribution in [0.4, 0.5) is 0 Å². The Bertz CT molecular complexity index is 643. The highest BCUT2D eigenvalue weighted by atomic mass is 32.1. The first kappa shape index (κ1) is 13.3. The number of methoxy groups -OCH3 is 1. The third-order valence-corrected chi connectivity index (χ3v) is 3.66. The van der Waals surface area contributed by atoms with Crippen LogP contribution in [0.25, 0.3) is 11.1 Å². The Hall–Kier alpha value is -2.14. The molecule has 98 valence electrons. The number of ketones is 1. The van der Waals surface area contributed by atoms with Gasteiger partial charge in [-0.15, -0.1) is 11.3 Å². The number of Topliss-reactive ketones (excluding diaryl/α,β-unsaturated/α-hetero) is 1. The summed E-state index contributed by atoms with van der Waals surface area (Å²) in [6.45, 7) is 1.46. The first-order valence-electron chi connectivity index (χ1n) is 5.54. The lowest BCUT2D eigenvalue weighted by molar-refractivity contribution is 0.0702. The summed E-state index contributed by atoms with van der Waals surface area (Å²) >= 11 is 1.13. The van der Waals surface area contributed by atoms with E-state index in [1.165, 1.54) is 14.0 Å². The zero-order chi connectivity index (χ0) is 14.0. The molecule has 2 rings (SSSR count). The van der Waals surface area contributed by atoms with Gasteiger partial charge in [-0.05, 0) is 42.1 Å². The molecule has 4 nitrogen and oxygen atoms in total. The number of carbonyl (C=O) groups is 2. The number of carbonyl (C=O) groups excluding carboxylic acids is 1. The minimum absolute atomic E-state index is 0.111. The Balaban J connectivity index is 2.68. The Morgan fingerprint density at radius 2 is 1.95 bits per heavy atom. The number of rotatable bonds is 4. The normalized spacial score (nSPS) is 10.2. The molecule has 19 heavy (non-hydrogen) atoms. The number of carboxylic acids is 1. The van der Waals surface area contributed by atoms with Gasteiger partial charge in [0, 0.05) is 11.1 Å². The first-order valence-corrected chi connectivity index (χ1v) is 6.42. The van der Waals surface area contributed by atoms with Gasteiger partial charge in [0.05, 0.1) is 7.11 Å². The van der Waals surface area contributed by atoms with E-state index in [4.69, 9.17) is 9.84 Å². The van der Waals surface area contributed by atoms with Crippen molar-refractivity contribution in [2.45, 2.75) is 6.92 Å². The Kier molecular flexibility index (Phi) is 3.66. The molecule has 1 aromatic heterocycles.